The fourth-order valence-electron chi connectivity index (χ4n) is 2.41. The molecule has 0 saturated carbocycles. The molecule has 1 aliphatic rings. The van der Waals surface area contributed by atoms with Gasteiger partial charge < -0.3 is 15.5 Å². The molecule has 23 heavy (non-hydrogen) atoms. The molecule has 1 atom stereocenters. The van der Waals surface area contributed by atoms with Gasteiger partial charge in [0, 0.05) is 31.9 Å². The van der Waals surface area contributed by atoms with Crippen molar-refractivity contribution in [2.45, 2.75) is 31.5 Å². The summed E-state index contributed by atoms with van der Waals surface area (Å²) in [6.07, 6.45) is -3.84. The van der Waals surface area contributed by atoms with Gasteiger partial charge in [-0.3, -0.25) is 9.59 Å². The van der Waals surface area contributed by atoms with Crippen molar-refractivity contribution in [3.63, 3.8) is 0 Å². The molecule has 2 N–H and O–H groups in total. The van der Waals surface area contributed by atoms with Gasteiger partial charge >= 0.3 is 12.1 Å². The number of halogens is 3. The molecule has 0 radical (unpaired) electrons. The highest BCUT2D eigenvalue weighted by molar-refractivity contribution is 7.13. The zero-order valence-electron chi connectivity index (χ0n) is 12.4. The number of anilines is 1. The first kappa shape index (κ1) is 17.5. The normalized spacial score (nSPS) is 18.1. The van der Waals surface area contributed by atoms with Gasteiger partial charge in [-0.05, 0) is 12.8 Å². The van der Waals surface area contributed by atoms with E-state index in [1.54, 1.807) is 7.05 Å². The Morgan fingerprint density at radius 2 is 2.22 bits per heavy atom. The predicted octanol–water partition coefficient (Wildman–Crippen LogP) is 1.40. The largest absolute Gasteiger partial charge is 0.471 e. The number of aromatic nitrogens is 1. The topological polar surface area (TPSA) is 74.3 Å². The van der Waals surface area contributed by atoms with Gasteiger partial charge in [0.2, 0.25) is 5.91 Å². The third-order valence-corrected chi connectivity index (χ3v) is 4.41. The summed E-state index contributed by atoms with van der Waals surface area (Å²) >= 11 is 1.43. The van der Waals surface area contributed by atoms with Crippen molar-refractivity contribution < 1.29 is 22.8 Å². The molecule has 1 unspecified atom stereocenters. The smallest absolute Gasteiger partial charge is 0.365 e. The lowest BCUT2D eigenvalue weighted by Gasteiger charge is -2.24. The van der Waals surface area contributed by atoms with E-state index in [0.29, 0.717) is 17.7 Å². The highest BCUT2D eigenvalue weighted by atomic mass is 32.1. The monoisotopic (exact) mass is 350 g/mol. The molecule has 6 nitrogen and oxygen atoms in total. The Morgan fingerprint density at radius 3 is 2.83 bits per heavy atom. The molecular formula is C13H17F3N4O2S. The highest BCUT2D eigenvalue weighted by Crippen LogP contribution is 2.25. The summed E-state index contributed by atoms with van der Waals surface area (Å²) in [5, 5.41) is 8.07. The number of nitrogens with zero attached hydrogens (tertiary/aromatic N) is 2. The maximum Gasteiger partial charge on any atom is 0.471 e. The van der Waals surface area contributed by atoms with Gasteiger partial charge in [0.05, 0.1) is 5.69 Å². The Bertz CT molecular complexity index is 576. The van der Waals surface area contributed by atoms with Gasteiger partial charge in [0.15, 0.2) is 5.13 Å². The minimum atomic E-state index is -4.95. The minimum absolute atomic E-state index is 0.0476. The van der Waals surface area contributed by atoms with Crippen LogP contribution in [0.25, 0.3) is 0 Å². The average Bonchev–Trinajstić information content (AvgIpc) is 3.14. The van der Waals surface area contributed by atoms with Crippen LogP contribution in [0.4, 0.5) is 18.3 Å². The van der Waals surface area contributed by atoms with Crippen molar-refractivity contribution in [2.75, 3.05) is 25.5 Å². The number of amides is 2. The molecule has 0 aromatic carbocycles. The van der Waals surface area contributed by atoms with E-state index in [2.05, 4.69) is 15.6 Å². The molecule has 2 rings (SSSR count). The van der Waals surface area contributed by atoms with Crippen molar-refractivity contribution in [2.24, 2.45) is 0 Å². The second-order valence-electron chi connectivity index (χ2n) is 5.09. The van der Waals surface area contributed by atoms with Crippen molar-refractivity contribution in [3.8, 4) is 0 Å². The highest BCUT2D eigenvalue weighted by Gasteiger charge is 2.47. The van der Waals surface area contributed by atoms with Gasteiger partial charge in [0.25, 0.3) is 0 Å². The zero-order chi connectivity index (χ0) is 17.0. The van der Waals surface area contributed by atoms with Crippen LogP contribution in [0, 0.1) is 0 Å². The van der Waals surface area contributed by atoms with Gasteiger partial charge in [-0.1, -0.05) is 0 Å². The molecule has 0 aliphatic carbocycles. The molecule has 2 amide bonds. The lowest BCUT2D eigenvalue weighted by molar-refractivity contribution is -0.186. The summed E-state index contributed by atoms with van der Waals surface area (Å²) in [7, 11) is 1.75. The molecule has 1 aromatic rings. The molecule has 10 heteroatoms. The summed E-state index contributed by atoms with van der Waals surface area (Å²) in [6.45, 7) is 0.213. The van der Waals surface area contributed by atoms with E-state index in [1.165, 1.54) is 11.3 Å². The zero-order valence-corrected chi connectivity index (χ0v) is 13.3. The Balaban J connectivity index is 1.85. The summed E-state index contributed by atoms with van der Waals surface area (Å²) < 4.78 is 37.5. The summed E-state index contributed by atoms with van der Waals surface area (Å²) in [4.78, 5) is 28.2. The Kier molecular flexibility index (Phi) is 5.45. The summed E-state index contributed by atoms with van der Waals surface area (Å²) in [5.41, 5.74) is 0.786. The number of carbonyl (C=O) groups is 2. The standard InChI is InChI=1S/C13H17F3N4O2S/c1-17-12-19-8(7-23-12)4-5-18-10(21)9-3-2-6-20(9)11(22)13(14,15)16/h7,9H,2-6H2,1H3,(H,17,19)(H,18,21). The first-order chi connectivity index (χ1) is 10.8. The Labute approximate surface area is 135 Å². The van der Waals surface area contributed by atoms with E-state index in [0.717, 1.165) is 10.8 Å². The van der Waals surface area contributed by atoms with Crippen LogP contribution in [-0.2, 0) is 16.0 Å². The minimum Gasteiger partial charge on any atom is -0.365 e. The predicted molar refractivity (Wildman–Crippen MR) is 79.2 cm³/mol. The van der Waals surface area contributed by atoms with Gasteiger partial charge in [-0.2, -0.15) is 13.2 Å². The van der Waals surface area contributed by atoms with Gasteiger partial charge in [0.1, 0.15) is 6.04 Å². The van der Waals surface area contributed by atoms with Gasteiger partial charge in [-0.25, -0.2) is 4.98 Å². The van der Waals surface area contributed by atoms with Crippen LogP contribution in [0.2, 0.25) is 0 Å². The van der Waals surface area contributed by atoms with E-state index in [-0.39, 0.29) is 19.5 Å². The number of alkyl halides is 3. The maximum absolute atomic E-state index is 12.5. The number of hydrogen-bond donors (Lipinski definition) is 2. The van der Waals surface area contributed by atoms with Crippen LogP contribution < -0.4 is 10.6 Å². The average molecular weight is 350 g/mol. The van der Waals surface area contributed by atoms with Crippen molar-refractivity contribution in [1.82, 2.24) is 15.2 Å². The fraction of sp³-hybridized carbons (Fsp3) is 0.615. The second-order valence-corrected chi connectivity index (χ2v) is 5.95. The van der Waals surface area contributed by atoms with Crippen molar-refractivity contribution >= 4 is 28.3 Å². The molecule has 1 aliphatic heterocycles. The molecule has 1 fully saturated rings. The number of likely N-dealkylation sites (tertiary alicyclic amines) is 1. The molecule has 0 spiro atoms. The molecule has 1 aromatic heterocycles. The number of carbonyl (C=O) groups excluding carboxylic acids is 2. The third kappa shape index (κ3) is 4.34. The molecule has 0 bridgehead atoms. The number of hydrogen-bond acceptors (Lipinski definition) is 5. The van der Waals surface area contributed by atoms with Crippen LogP contribution in [0.1, 0.15) is 18.5 Å². The van der Waals surface area contributed by atoms with Crippen LogP contribution >= 0.6 is 11.3 Å². The van der Waals surface area contributed by atoms with E-state index in [9.17, 15) is 22.8 Å². The SMILES string of the molecule is CNc1nc(CCNC(=O)C2CCCN2C(=O)C(F)(F)F)cs1. The van der Waals surface area contributed by atoms with Crippen LogP contribution in [0.15, 0.2) is 5.38 Å². The Morgan fingerprint density at radius 1 is 1.48 bits per heavy atom. The van der Waals surface area contributed by atoms with Gasteiger partial charge in [-0.15, -0.1) is 11.3 Å². The number of nitrogens with one attached hydrogen (secondary N) is 2. The van der Waals surface area contributed by atoms with Crippen LogP contribution in [0.3, 0.4) is 0 Å². The van der Waals surface area contributed by atoms with Crippen molar-refractivity contribution in [1.29, 1.82) is 0 Å². The first-order valence-corrected chi connectivity index (χ1v) is 7.98. The lowest BCUT2D eigenvalue weighted by Crippen LogP contribution is -2.50. The molecule has 2 heterocycles. The van der Waals surface area contributed by atoms with Crippen LogP contribution in [0.5, 0.6) is 0 Å². The molecule has 128 valence electrons. The maximum atomic E-state index is 12.5. The first-order valence-electron chi connectivity index (χ1n) is 7.10. The van der Waals surface area contributed by atoms with E-state index >= 15 is 0 Å². The summed E-state index contributed by atoms with van der Waals surface area (Å²) in [5.74, 6) is -2.50. The van der Waals surface area contributed by atoms with E-state index < -0.39 is 24.0 Å². The quantitative estimate of drug-likeness (QED) is 0.842. The Hall–Kier alpha value is -1.84. The van der Waals surface area contributed by atoms with E-state index in [4.69, 9.17) is 0 Å². The van der Waals surface area contributed by atoms with Crippen LogP contribution in [-0.4, -0.2) is 54.1 Å². The number of rotatable bonds is 5. The van der Waals surface area contributed by atoms with Crippen molar-refractivity contribution in [3.05, 3.63) is 11.1 Å². The van der Waals surface area contributed by atoms with E-state index in [1.807, 2.05) is 5.38 Å². The lowest BCUT2D eigenvalue weighted by atomic mass is 10.2. The second kappa shape index (κ2) is 7.16. The number of thiazole rings is 1. The third-order valence-electron chi connectivity index (χ3n) is 3.50. The molecular weight excluding hydrogens is 333 g/mol. The molecule has 1 saturated heterocycles. The summed E-state index contributed by atoms with van der Waals surface area (Å²) in [6, 6.07) is -1.05. The fourth-order valence-corrected chi connectivity index (χ4v) is 3.12.